The first kappa shape index (κ1) is 15.3. The average molecular weight is 289 g/mol. The second-order valence-electron chi connectivity index (χ2n) is 4.70. The number of aliphatic hydroxyl groups is 1. The zero-order chi connectivity index (χ0) is 15.4. The van der Waals surface area contributed by atoms with Crippen molar-refractivity contribution in [2.75, 3.05) is 13.7 Å². The van der Waals surface area contributed by atoms with Gasteiger partial charge in [-0.1, -0.05) is 18.2 Å². The van der Waals surface area contributed by atoms with E-state index in [-0.39, 0.29) is 6.61 Å². The van der Waals surface area contributed by atoms with Gasteiger partial charge in [0.05, 0.1) is 13.7 Å². The number of esters is 1. The molecule has 0 saturated heterocycles. The second-order valence-corrected chi connectivity index (χ2v) is 4.70. The maximum Gasteiger partial charge on any atom is 0.325 e. The van der Waals surface area contributed by atoms with E-state index >= 15 is 0 Å². The highest BCUT2D eigenvalue weighted by Gasteiger charge is 2.25. The molecule has 5 heteroatoms. The monoisotopic (exact) mass is 289 g/mol. The summed E-state index contributed by atoms with van der Waals surface area (Å²) in [6.07, 6.45) is -1.10. The highest BCUT2D eigenvalue weighted by Crippen LogP contribution is 2.25. The molecule has 0 amide bonds. The van der Waals surface area contributed by atoms with Crippen LogP contribution in [0.4, 0.5) is 0 Å². The molecule has 2 rings (SSSR count). The highest BCUT2D eigenvalue weighted by molar-refractivity contribution is 5.85. The van der Waals surface area contributed by atoms with Crippen LogP contribution in [0, 0.1) is 0 Å². The van der Waals surface area contributed by atoms with Crippen molar-refractivity contribution in [3.8, 4) is 5.75 Å². The number of carbonyl (C=O) groups is 1. The van der Waals surface area contributed by atoms with Crippen LogP contribution in [0.15, 0.2) is 36.4 Å². The fraction of sp³-hybridized carbons (Fsp3) is 0.312. The number of fused-ring (bicyclic) bond motifs is 1. The molecule has 0 heterocycles. The van der Waals surface area contributed by atoms with E-state index in [0.717, 1.165) is 16.5 Å². The molecule has 3 N–H and O–H groups in total. The number of benzene rings is 2. The molecule has 0 fully saturated rings. The summed E-state index contributed by atoms with van der Waals surface area (Å²) in [6, 6.07) is 9.93. The maximum absolute atomic E-state index is 11.6. The fourth-order valence-electron chi connectivity index (χ4n) is 2.13. The van der Waals surface area contributed by atoms with Crippen LogP contribution in [0.1, 0.15) is 18.6 Å². The summed E-state index contributed by atoms with van der Waals surface area (Å²) in [4.78, 5) is 11.6. The SMILES string of the molecule is CCOC(=O)C(N)C(O)c1ccc2cc(OC)ccc2c1. The van der Waals surface area contributed by atoms with Gasteiger partial charge in [0.25, 0.3) is 0 Å². The van der Waals surface area contributed by atoms with E-state index in [1.165, 1.54) is 0 Å². The minimum Gasteiger partial charge on any atom is -0.497 e. The van der Waals surface area contributed by atoms with Crippen LogP contribution >= 0.6 is 0 Å². The quantitative estimate of drug-likeness (QED) is 0.820. The van der Waals surface area contributed by atoms with Crippen molar-refractivity contribution in [1.82, 2.24) is 0 Å². The molecule has 0 radical (unpaired) electrons. The molecule has 2 aromatic carbocycles. The predicted octanol–water partition coefficient (Wildman–Crippen LogP) is 1.77. The number of methoxy groups -OCH3 is 1. The minimum absolute atomic E-state index is 0.233. The lowest BCUT2D eigenvalue weighted by molar-refractivity contribution is -0.147. The normalized spacial score (nSPS) is 13.7. The summed E-state index contributed by atoms with van der Waals surface area (Å²) in [5, 5.41) is 12.1. The fourth-order valence-corrected chi connectivity index (χ4v) is 2.13. The Hall–Kier alpha value is -2.11. The first-order valence-corrected chi connectivity index (χ1v) is 6.74. The van der Waals surface area contributed by atoms with Crippen LogP contribution in [-0.4, -0.2) is 30.8 Å². The molecule has 2 aromatic rings. The number of nitrogens with two attached hydrogens (primary N) is 1. The molecule has 5 nitrogen and oxygen atoms in total. The van der Waals surface area contributed by atoms with Crippen LogP contribution < -0.4 is 10.5 Å². The van der Waals surface area contributed by atoms with Crippen LogP contribution in [-0.2, 0) is 9.53 Å². The van der Waals surface area contributed by atoms with Gasteiger partial charge in [-0.2, -0.15) is 0 Å². The number of carbonyl (C=O) groups excluding carboxylic acids is 1. The van der Waals surface area contributed by atoms with E-state index in [4.69, 9.17) is 15.2 Å². The Labute approximate surface area is 123 Å². The Balaban J connectivity index is 2.27. The zero-order valence-corrected chi connectivity index (χ0v) is 12.1. The Kier molecular flexibility index (Phi) is 4.77. The van der Waals surface area contributed by atoms with Crippen LogP contribution in [0.5, 0.6) is 5.75 Å². The van der Waals surface area contributed by atoms with E-state index < -0.39 is 18.1 Å². The lowest BCUT2D eigenvalue weighted by Crippen LogP contribution is -2.38. The molecule has 0 aliphatic rings. The number of aliphatic hydroxyl groups excluding tert-OH is 1. The molecule has 0 spiro atoms. The van der Waals surface area contributed by atoms with Gasteiger partial charge in [-0.25, -0.2) is 0 Å². The first-order chi connectivity index (χ1) is 10.1. The maximum atomic E-state index is 11.6. The summed E-state index contributed by atoms with van der Waals surface area (Å²) >= 11 is 0. The van der Waals surface area contributed by atoms with Crippen molar-refractivity contribution < 1.29 is 19.4 Å². The smallest absolute Gasteiger partial charge is 0.325 e. The van der Waals surface area contributed by atoms with Gasteiger partial charge in [-0.05, 0) is 41.5 Å². The Morgan fingerprint density at radius 3 is 2.57 bits per heavy atom. The number of ether oxygens (including phenoxy) is 2. The lowest BCUT2D eigenvalue weighted by atomic mass is 9.99. The second kappa shape index (κ2) is 6.56. The van der Waals surface area contributed by atoms with Crippen molar-refractivity contribution >= 4 is 16.7 Å². The molecule has 0 aliphatic carbocycles. The Bertz CT molecular complexity index is 641. The third-order valence-corrected chi connectivity index (χ3v) is 3.31. The number of rotatable bonds is 5. The summed E-state index contributed by atoms with van der Waals surface area (Å²) in [5.74, 6) is 0.152. The van der Waals surface area contributed by atoms with E-state index in [2.05, 4.69) is 0 Å². The molecule has 0 bridgehead atoms. The van der Waals surface area contributed by atoms with Crippen molar-refractivity contribution in [3.63, 3.8) is 0 Å². The summed E-state index contributed by atoms with van der Waals surface area (Å²) in [7, 11) is 1.61. The predicted molar refractivity (Wildman–Crippen MR) is 80.1 cm³/mol. The van der Waals surface area contributed by atoms with Crippen molar-refractivity contribution in [1.29, 1.82) is 0 Å². The number of hydrogen-bond acceptors (Lipinski definition) is 5. The van der Waals surface area contributed by atoms with Crippen molar-refractivity contribution in [3.05, 3.63) is 42.0 Å². The van der Waals surface area contributed by atoms with Gasteiger partial charge < -0.3 is 20.3 Å². The Morgan fingerprint density at radius 2 is 1.90 bits per heavy atom. The van der Waals surface area contributed by atoms with Gasteiger partial charge in [-0.3, -0.25) is 4.79 Å². The van der Waals surface area contributed by atoms with Gasteiger partial charge >= 0.3 is 5.97 Å². The molecule has 0 saturated carbocycles. The van der Waals surface area contributed by atoms with E-state index in [0.29, 0.717) is 5.56 Å². The largest absolute Gasteiger partial charge is 0.497 e. The van der Waals surface area contributed by atoms with Gasteiger partial charge in [0, 0.05) is 0 Å². The third-order valence-electron chi connectivity index (χ3n) is 3.31. The van der Waals surface area contributed by atoms with Crippen LogP contribution in [0.3, 0.4) is 0 Å². The lowest BCUT2D eigenvalue weighted by Gasteiger charge is -2.18. The molecular weight excluding hydrogens is 270 g/mol. The van der Waals surface area contributed by atoms with Crippen molar-refractivity contribution in [2.45, 2.75) is 19.1 Å². The topological polar surface area (TPSA) is 81.8 Å². The zero-order valence-electron chi connectivity index (χ0n) is 12.1. The summed E-state index contributed by atoms with van der Waals surface area (Å²) < 4.78 is 9.99. The Morgan fingerprint density at radius 1 is 1.24 bits per heavy atom. The first-order valence-electron chi connectivity index (χ1n) is 6.74. The van der Waals surface area contributed by atoms with Crippen molar-refractivity contribution in [2.24, 2.45) is 5.73 Å². The number of hydrogen-bond donors (Lipinski definition) is 2. The van der Waals surface area contributed by atoms with Crippen LogP contribution in [0.25, 0.3) is 10.8 Å². The van der Waals surface area contributed by atoms with Gasteiger partial charge in [0.1, 0.15) is 17.9 Å². The average Bonchev–Trinajstić information content (AvgIpc) is 2.52. The molecule has 0 aliphatic heterocycles. The summed E-state index contributed by atoms with van der Waals surface area (Å²) in [6.45, 7) is 1.93. The standard InChI is InChI=1S/C16H19NO4/c1-3-21-16(19)14(17)15(18)12-5-4-11-9-13(20-2)7-6-10(11)8-12/h4-9,14-15,18H,3,17H2,1-2H3. The molecule has 2 atom stereocenters. The van der Waals surface area contributed by atoms with Crippen LogP contribution in [0.2, 0.25) is 0 Å². The minimum atomic E-state index is -1.10. The molecular formula is C16H19NO4. The molecule has 112 valence electrons. The van der Waals surface area contributed by atoms with E-state index in [1.54, 1.807) is 26.2 Å². The third kappa shape index (κ3) is 3.32. The van der Waals surface area contributed by atoms with E-state index in [1.807, 2.05) is 24.3 Å². The van der Waals surface area contributed by atoms with Gasteiger partial charge in [-0.15, -0.1) is 0 Å². The molecule has 21 heavy (non-hydrogen) atoms. The summed E-state index contributed by atoms with van der Waals surface area (Å²) in [5.41, 5.74) is 6.30. The van der Waals surface area contributed by atoms with Gasteiger partial charge in [0.2, 0.25) is 0 Å². The van der Waals surface area contributed by atoms with Gasteiger partial charge in [0.15, 0.2) is 0 Å². The van der Waals surface area contributed by atoms with E-state index in [9.17, 15) is 9.90 Å². The highest BCUT2D eigenvalue weighted by atomic mass is 16.5. The molecule has 2 unspecified atom stereocenters. The molecule has 0 aromatic heterocycles.